The van der Waals surface area contributed by atoms with Crippen LogP contribution in [0, 0.1) is 0 Å². The number of hydrogen-bond acceptors (Lipinski definition) is 3. The van der Waals surface area contributed by atoms with Gasteiger partial charge in [-0.1, -0.05) is 30.3 Å². The zero-order valence-electron chi connectivity index (χ0n) is 10.7. The summed E-state index contributed by atoms with van der Waals surface area (Å²) in [6.07, 6.45) is -0.482. The molecule has 1 aliphatic heterocycles. The van der Waals surface area contributed by atoms with Crippen molar-refractivity contribution in [2.24, 2.45) is 0 Å². The Kier molecular flexibility index (Phi) is 2.74. The Balaban J connectivity index is 2.07. The largest absolute Gasteiger partial charge is 0.458 e. The van der Waals surface area contributed by atoms with Crippen LogP contribution in [-0.4, -0.2) is 17.7 Å². The monoisotopic (exact) mass is 234 g/mol. The Morgan fingerprint density at radius 1 is 1.29 bits per heavy atom. The predicted octanol–water partition coefficient (Wildman–Crippen LogP) is 2.64. The SMILES string of the molecule is CC(C)(C)OC(=O)[C@@H]1O[C@@]1(C)c1ccccc1. The van der Waals surface area contributed by atoms with Crippen molar-refractivity contribution in [3.63, 3.8) is 0 Å². The van der Waals surface area contributed by atoms with Crippen LogP contribution < -0.4 is 0 Å². The first-order chi connectivity index (χ1) is 7.83. The summed E-state index contributed by atoms with van der Waals surface area (Å²) < 4.78 is 10.8. The smallest absolute Gasteiger partial charge is 0.339 e. The minimum absolute atomic E-state index is 0.288. The maximum absolute atomic E-state index is 11.9. The molecule has 0 unspecified atom stereocenters. The van der Waals surface area contributed by atoms with Crippen molar-refractivity contribution < 1.29 is 14.3 Å². The molecule has 2 rings (SSSR count). The normalized spacial score (nSPS) is 27.6. The van der Waals surface area contributed by atoms with Crippen molar-refractivity contribution in [1.29, 1.82) is 0 Å². The van der Waals surface area contributed by atoms with Gasteiger partial charge in [0.2, 0.25) is 0 Å². The van der Waals surface area contributed by atoms with Gasteiger partial charge in [-0.15, -0.1) is 0 Å². The van der Waals surface area contributed by atoms with E-state index >= 15 is 0 Å². The van der Waals surface area contributed by atoms with Gasteiger partial charge < -0.3 is 9.47 Å². The molecule has 0 aromatic heterocycles. The summed E-state index contributed by atoms with van der Waals surface area (Å²) in [6.45, 7) is 7.48. The quantitative estimate of drug-likeness (QED) is 0.583. The van der Waals surface area contributed by atoms with E-state index in [0.717, 1.165) is 5.56 Å². The molecule has 92 valence electrons. The van der Waals surface area contributed by atoms with Crippen LogP contribution in [0.5, 0.6) is 0 Å². The highest BCUT2D eigenvalue weighted by Gasteiger charge is 2.59. The van der Waals surface area contributed by atoms with Crippen LogP contribution in [0.3, 0.4) is 0 Å². The summed E-state index contributed by atoms with van der Waals surface area (Å²) in [4.78, 5) is 11.9. The summed E-state index contributed by atoms with van der Waals surface area (Å²) >= 11 is 0. The molecule has 0 amide bonds. The summed E-state index contributed by atoms with van der Waals surface area (Å²) in [5.41, 5.74) is 0.0142. The molecule has 0 bridgehead atoms. The molecule has 17 heavy (non-hydrogen) atoms. The zero-order valence-corrected chi connectivity index (χ0v) is 10.7. The maximum Gasteiger partial charge on any atom is 0.339 e. The fourth-order valence-electron chi connectivity index (χ4n) is 1.83. The molecule has 3 heteroatoms. The van der Waals surface area contributed by atoms with Crippen molar-refractivity contribution in [2.75, 3.05) is 0 Å². The lowest BCUT2D eigenvalue weighted by Crippen LogP contribution is -2.28. The first kappa shape index (κ1) is 12.1. The third kappa shape index (κ3) is 2.50. The first-order valence-corrected chi connectivity index (χ1v) is 5.79. The van der Waals surface area contributed by atoms with Crippen LogP contribution in [0.25, 0.3) is 0 Å². The van der Waals surface area contributed by atoms with Gasteiger partial charge in [0.1, 0.15) is 11.2 Å². The van der Waals surface area contributed by atoms with E-state index in [1.807, 2.05) is 58.0 Å². The minimum Gasteiger partial charge on any atom is -0.458 e. The molecule has 3 nitrogen and oxygen atoms in total. The van der Waals surface area contributed by atoms with E-state index in [1.54, 1.807) is 0 Å². The zero-order chi connectivity index (χ0) is 12.7. The minimum atomic E-state index is -0.524. The standard InChI is InChI=1S/C14H18O3/c1-13(2,3)17-12(15)11-14(4,16-11)10-8-6-5-7-9-10/h5-9,11H,1-4H3/t11-,14-/m0/s1. The summed E-state index contributed by atoms with van der Waals surface area (Å²) in [6, 6.07) is 9.75. The number of carbonyl (C=O) groups is 1. The molecule has 1 fully saturated rings. The van der Waals surface area contributed by atoms with E-state index in [0.29, 0.717) is 0 Å². The van der Waals surface area contributed by atoms with Gasteiger partial charge in [0.25, 0.3) is 0 Å². The van der Waals surface area contributed by atoms with E-state index in [-0.39, 0.29) is 5.97 Å². The maximum atomic E-state index is 11.9. The summed E-state index contributed by atoms with van der Waals surface area (Å²) in [5, 5.41) is 0. The molecule has 0 saturated carbocycles. The number of carbonyl (C=O) groups excluding carboxylic acids is 1. The lowest BCUT2D eigenvalue weighted by atomic mass is 9.97. The molecule has 0 aliphatic carbocycles. The van der Waals surface area contributed by atoms with E-state index < -0.39 is 17.3 Å². The molecule has 1 saturated heterocycles. The van der Waals surface area contributed by atoms with Crippen LogP contribution in [0.15, 0.2) is 30.3 Å². The van der Waals surface area contributed by atoms with E-state index in [4.69, 9.17) is 9.47 Å². The van der Waals surface area contributed by atoms with Gasteiger partial charge in [-0.25, -0.2) is 4.79 Å². The number of rotatable bonds is 2. The van der Waals surface area contributed by atoms with Crippen LogP contribution in [0.1, 0.15) is 33.3 Å². The average Bonchev–Trinajstić information content (AvgIpc) is 2.92. The van der Waals surface area contributed by atoms with E-state index in [2.05, 4.69) is 0 Å². The predicted molar refractivity (Wildman–Crippen MR) is 64.5 cm³/mol. The van der Waals surface area contributed by atoms with Gasteiger partial charge >= 0.3 is 5.97 Å². The molecule has 0 spiro atoms. The van der Waals surface area contributed by atoms with Gasteiger partial charge in [-0.3, -0.25) is 0 Å². The molecule has 2 atom stereocenters. The summed E-state index contributed by atoms with van der Waals surface area (Å²) in [5.74, 6) is -0.288. The third-order valence-electron chi connectivity index (χ3n) is 2.77. The molecule has 1 heterocycles. The lowest BCUT2D eigenvalue weighted by Gasteiger charge is -2.19. The van der Waals surface area contributed by atoms with Gasteiger partial charge in [-0.2, -0.15) is 0 Å². The molecule has 1 aromatic carbocycles. The molecule has 1 aliphatic rings. The molecular formula is C14H18O3. The van der Waals surface area contributed by atoms with Crippen LogP contribution in [0.4, 0.5) is 0 Å². The molecular weight excluding hydrogens is 216 g/mol. The Hall–Kier alpha value is -1.35. The van der Waals surface area contributed by atoms with E-state index in [9.17, 15) is 4.79 Å². The number of benzene rings is 1. The average molecular weight is 234 g/mol. The van der Waals surface area contributed by atoms with E-state index in [1.165, 1.54) is 0 Å². The second-order valence-electron chi connectivity index (χ2n) is 5.50. The first-order valence-electron chi connectivity index (χ1n) is 5.79. The number of esters is 1. The van der Waals surface area contributed by atoms with Crippen LogP contribution in [0.2, 0.25) is 0 Å². The van der Waals surface area contributed by atoms with Crippen molar-refractivity contribution in [1.82, 2.24) is 0 Å². The fourth-order valence-corrected chi connectivity index (χ4v) is 1.83. The summed E-state index contributed by atoms with van der Waals surface area (Å²) in [7, 11) is 0. The van der Waals surface area contributed by atoms with Gasteiger partial charge in [0, 0.05) is 0 Å². The highest BCUT2D eigenvalue weighted by molar-refractivity contribution is 5.80. The fraction of sp³-hybridized carbons (Fsp3) is 0.500. The Labute approximate surface area is 102 Å². The molecule has 1 aromatic rings. The molecule has 0 radical (unpaired) electrons. The number of ether oxygens (including phenoxy) is 2. The second-order valence-corrected chi connectivity index (χ2v) is 5.50. The van der Waals surface area contributed by atoms with Gasteiger partial charge in [0.05, 0.1) is 0 Å². The van der Waals surface area contributed by atoms with Crippen LogP contribution in [-0.2, 0) is 19.9 Å². The number of epoxide rings is 1. The van der Waals surface area contributed by atoms with Crippen molar-refractivity contribution in [3.8, 4) is 0 Å². The van der Waals surface area contributed by atoms with Crippen molar-refractivity contribution >= 4 is 5.97 Å². The Morgan fingerprint density at radius 2 is 1.88 bits per heavy atom. The third-order valence-corrected chi connectivity index (χ3v) is 2.77. The van der Waals surface area contributed by atoms with Crippen molar-refractivity contribution in [3.05, 3.63) is 35.9 Å². The Bertz CT molecular complexity index is 419. The second kappa shape index (κ2) is 3.84. The highest BCUT2D eigenvalue weighted by Crippen LogP contribution is 2.46. The number of hydrogen-bond donors (Lipinski definition) is 0. The topological polar surface area (TPSA) is 38.8 Å². The molecule has 0 N–H and O–H groups in total. The highest BCUT2D eigenvalue weighted by atomic mass is 16.7. The van der Waals surface area contributed by atoms with Gasteiger partial charge in [0.15, 0.2) is 6.10 Å². The van der Waals surface area contributed by atoms with Gasteiger partial charge in [-0.05, 0) is 33.3 Å². The lowest BCUT2D eigenvalue weighted by molar-refractivity contribution is -0.156. The van der Waals surface area contributed by atoms with Crippen LogP contribution >= 0.6 is 0 Å². The van der Waals surface area contributed by atoms with Crippen molar-refractivity contribution in [2.45, 2.75) is 45.0 Å². The Morgan fingerprint density at radius 3 is 2.41 bits per heavy atom.